The second-order valence-electron chi connectivity index (χ2n) is 9.61. The molecule has 0 saturated heterocycles. The van der Waals surface area contributed by atoms with Crippen molar-refractivity contribution < 1.29 is 18.7 Å². The number of nitrogens with zero attached hydrogens (tertiary/aromatic N) is 1. The number of benzene rings is 3. The quantitative estimate of drug-likeness (QED) is 0.183. The lowest BCUT2D eigenvalue weighted by Crippen LogP contribution is -2.48. The molecule has 3 aromatic carbocycles. The number of halogens is 2. The molecule has 0 aliphatic rings. The minimum absolute atomic E-state index is 0.0606. The van der Waals surface area contributed by atoms with Gasteiger partial charge in [0, 0.05) is 47.8 Å². The first-order chi connectivity index (χ1) is 19.4. The molecule has 3 N–H and O–H groups in total. The number of carbonyl (C=O) groups is 1. The number of hydrogen-bond acceptors (Lipinski definition) is 5. The maximum absolute atomic E-state index is 13.9. The smallest absolute Gasteiger partial charge is 0.251 e. The lowest BCUT2D eigenvalue weighted by atomic mass is 10.00. The first-order valence-electron chi connectivity index (χ1n) is 13.2. The van der Waals surface area contributed by atoms with Crippen molar-refractivity contribution in [2.75, 3.05) is 6.54 Å². The topological polar surface area (TPSA) is 74.2 Å². The molecular formula is C32H33F2N3O2S. The van der Waals surface area contributed by atoms with E-state index in [1.54, 1.807) is 36.3 Å². The number of thioether (sulfide) groups is 1. The molecule has 1 heterocycles. The summed E-state index contributed by atoms with van der Waals surface area (Å²) in [6.45, 7) is 2.81. The van der Waals surface area contributed by atoms with Crippen LogP contribution in [0, 0.1) is 11.6 Å². The maximum atomic E-state index is 13.9. The van der Waals surface area contributed by atoms with Gasteiger partial charge >= 0.3 is 0 Å². The van der Waals surface area contributed by atoms with Gasteiger partial charge in [0.1, 0.15) is 11.6 Å². The Morgan fingerprint density at radius 3 is 2.38 bits per heavy atom. The van der Waals surface area contributed by atoms with E-state index in [0.29, 0.717) is 17.7 Å². The van der Waals surface area contributed by atoms with Crippen LogP contribution >= 0.6 is 11.8 Å². The third kappa shape index (κ3) is 8.98. The number of amides is 1. The number of rotatable bonds is 13. The van der Waals surface area contributed by atoms with Crippen LogP contribution in [0.4, 0.5) is 8.78 Å². The summed E-state index contributed by atoms with van der Waals surface area (Å²) in [5.41, 5.74) is 4.21. The summed E-state index contributed by atoms with van der Waals surface area (Å²) in [6, 6.07) is 21.8. The van der Waals surface area contributed by atoms with Crippen molar-refractivity contribution in [3.63, 3.8) is 0 Å². The Kier molecular flexibility index (Phi) is 10.8. The summed E-state index contributed by atoms with van der Waals surface area (Å²) in [5.74, 6) is -1.06. The van der Waals surface area contributed by atoms with Crippen LogP contribution in [-0.2, 0) is 25.1 Å². The number of aromatic nitrogens is 1. The van der Waals surface area contributed by atoms with Gasteiger partial charge in [-0.15, -0.1) is 11.8 Å². The van der Waals surface area contributed by atoms with Gasteiger partial charge in [0.15, 0.2) is 0 Å². The molecule has 0 unspecified atom stereocenters. The van der Waals surface area contributed by atoms with Crippen molar-refractivity contribution in [1.29, 1.82) is 0 Å². The number of aliphatic hydroxyl groups excluding tert-OH is 1. The van der Waals surface area contributed by atoms with Crippen LogP contribution in [0.15, 0.2) is 96.2 Å². The minimum Gasteiger partial charge on any atom is -0.390 e. The van der Waals surface area contributed by atoms with E-state index in [1.165, 1.54) is 17.7 Å². The van der Waals surface area contributed by atoms with Crippen molar-refractivity contribution in [2.24, 2.45) is 0 Å². The molecule has 0 saturated carbocycles. The lowest BCUT2D eigenvalue weighted by Gasteiger charge is -2.25. The third-order valence-electron chi connectivity index (χ3n) is 6.49. The zero-order valence-electron chi connectivity index (χ0n) is 22.3. The van der Waals surface area contributed by atoms with Gasteiger partial charge in [0.2, 0.25) is 0 Å². The standard InChI is InChI=1S/C32H33F2N3O2S/c1-2-22-5-3-6-24(13-22)19-36-20-31(38)30(16-25-14-27(33)18-28(34)15-25)37-32(39)26-7-4-8-29(17-26)40-21-23-9-11-35-12-10-23/h3-15,17-18,30-31,36,38H,2,16,19-21H2,1H3,(H,37,39)/t30-,31-/m0/s1. The molecule has 1 aromatic heterocycles. The number of carbonyl (C=O) groups excluding carboxylic acids is 1. The van der Waals surface area contributed by atoms with Gasteiger partial charge < -0.3 is 15.7 Å². The van der Waals surface area contributed by atoms with Crippen LogP contribution in [0.3, 0.4) is 0 Å². The number of aryl methyl sites for hydroxylation is 1. The molecule has 0 fully saturated rings. The second kappa shape index (κ2) is 14.7. The van der Waals surface area contributed by atoms with Crippen molar-refractivity contribution in [3.05, 3.63) is 131 Å². The largest absolute Gasteiger partial charge is 0.390 e. The highest BCUT2D eigenvalue weighted by molar-refractivity contribution is 7.98. The molecule has 8 heteroatoms. The van der Waals surface area contributed by atoms with Crippen LogP contribution < -0.4 is 10.6 Å². The average Bonchev–Trinajstić information content (AvgIpc) is 2.96. The molecule has 208 valence electrons. The molecule has 4 rings (SSSR count). The summed E-state index contributed by atoms with van der Waals surface area (Å²) >= 11 is 1.60. The van der Waals surface area contributed by atoms with Gasteiger partial charge in [-0.2, -0.15) is 0 Å². The molecule has 0 bridgehead atoms. The Bertz CT molecular complexity index is 1380. The Balaban J connectivity index is 1.44. The van der Waals surface area contributed by atoms with E-state index in [-0.39, 0.29) is 18.9 Å². The summed E-state index contributed by atoms with van der Waals surface area (Å²) in [6.07, 6.45) is 3.47. The predicted octanol–water partition coefficient (Wildman–Crippen LogP) is 5.71. The molecule has 5 nitrogen and oxygen atoms in total. The fraction of sp³-hybridized carbons (Fsp3) is 0.250. The molecule has 4 aromatic rings. The lowest BCUT2D eigenvalue weighted by molar-refractivity contribution is 0.0829. The predicted molar refractivity (Wildman–Crippen MR) is 155 cm³/mol. The molecule has 0 radical (unpaired) electrons. The second-order valence-corrected chi connectivity index (χ2v) is 10.7. The summed E-state index contributed by atoms with van der Waals surface area (Å²) in [7, 11) is 0. The number of nitrogens with one attached hydrogen (secondary N) is 2. The van der Waals surface area contributed by atoms with Crippen molar-refractivity contribution in [2.45, 2.75) is 49.1 Å². The summed E-state index contributed by atoms with van der Waals surface area (Å²) in [4.78, 5) is 18.2. The normalized spacial score (nSPS) is 12.6. The van der Waals surface area contributed by atoms with Gasteiger partial charge in [-0.1, -0.05) is 37.3 Å². The van der Waals surface area contributed by atoms with Gasteiger partial charge in [-0.25, -0.2) is 8.78 Å². The van der Waals surface area contributed by atoms with E-state index in [2.05, 4.69) is 34.7 Å². The highest BCUT2D eigenvalue weighted by atomic mass is 32.2. The monoisotopic (exact) mass is 561 g/mol. The first-order valence-corrected chi connectivity index (χ1v) is 14.2. The van der Waals surface area contributed by atoms with Crippen LogP contribution in [0.1, 0.15) is 39.5 Å². The molecule has 0 aliphatic heterocycles. The third-order valence-corrected chi connectivity index (χ3v) is 7.56. The number of aliphatic hydroxyl groups is 1. The SMILES string of the molecule is CCc1cccc(CNC[C@H](O)[C@H](Cc2cc(F)cc(F)c2)NC(=O)c2cccc(SCc3ccncc3)c2)c1. The fourth-order valence-corrected chi connectivity index (χ4v) is 5.27. The van der Waals surface area contributed by atoms with Crippen LogP contribution in [0.25, 0.3) is 0 Å². The van der Waals surface area contributed by atoms with Gasteiger partial charge in [0.25, 0.3) is 5.91 Å². The van der Waals surface area contributed by atoms with Gasteiger partial charge in [-0.05, 0) is 77.6 Å². The average molecular weight is 562 g/mol. The van der Waals surface area contributed by atoms with E-state index < -0.39 is 23.8 Å². The number of pyridine rings is 1. The molecule has 40 heavy (non-hydrogen) atoms. The van der Waals surface area contributed by atoms with Crippen LogP contribution in [-0.4, -0.2) is 34.7 Å². The van der Waals surface area contributed by atoms with E-state index in [0.717, 1.165) is 34.3 Å². The van der Waals surface area contributed by atoms with Gasteiger partial charge in [-0.3, -0.25) is 9.78 Å². The van der Waals surface area contributed by atoms with Crippen LogP contribution in [0.5, 0.6) is 0 Å². The van der Waals surface area contributed by atoms with E-state index >= 15 is 0 Å². The van der Waals surface area contributed by atoms with Crippen LogP contribution in [0.2, 0.25) is 0 Å². The molecule has 0 spiro atoms. The van der Waals surface area contributed by atoms with Crippen molar-refractivity contribution >= 4 is 17.7 Å². The van der Waals surface area contributed by atoms with Gasteiger partial charge in [0.05, 0.1) is 12.1 Å². The Hall–Kier alpha value is -3.59. The molecule has 0 aliphatic carbocycles. The van der Waals surface area contributed by atoms with E-state index in [4.69, 9.17) is 0 Å². The highest BCUT2D eigenvalue weighted by Crippen LogP contribution is 2.23. The summed E-state index contributed by atoms with van der Waals surface area (Å²) in [5, 5.41) is 17.2. The zero-order chi connectivity index (χ0) is 28.3. The number of hydrogen-bond donors (Lipinski definition) is 3. The molecule has 1 amide bonds. The first kappa shape index (κ1) is 29.4. The highest BCUT2D eigenvalue weighted by Gasteiger charge is 2.23. The summed E-state index contributed by atoms with van der Waals surface area (Å²) < 4.78 is 27.8. The molecular weight excluding hydrogens is 528 g/mol. The molecule has 2 atom stereocenters. The fourth-order valence-electron chi connectivity index (χ4n) is 4.36. The minimum atomic E-state index is -1.01. The zero-order valence-corrected chi connectivity index (χ0v) is 23.1. The van der Waals surface area contributed by atoms with Crippen molar-refractivity contribution in [3.8, 4) is 0 Å². The Labute approximate surface area is 238 Å². The van der Waals surface area contributed by atoms with Crippen molar-refractivity contribution in [1.82, 2.24) is 15.6 Å². The van der Waals surface area contributed by atoms with E-state index in [1.807, 2.05) is 36.4 Å². The maximum Gasteiger partial charge on any atom is 0.251 e. The van der Waals surface area contributed by atoms with E-state index in [9.17, 15) is 18.7 Å². The Morgan fingerprint density at radius 1 is 0.900 bits per heavy atom. The Morgan fingerprint density at radius 2 is 1.62 bits per heavy atom.